The zero-order valence-electron chi connectivity index (χ0n) is 16.5. The zero-order chi connectivity index (χ0) is 17.9. The molecule has 1 aliphatic rings. The number of piperidine rings is 1. The minimum Gasteiger partial charge on any atom is -0.468 e. The highest BCUT2D eigenvalue weighted by Crippen LogP contribution is 2.25. The highest BCUT2D eigenvalue weighted by atomic mass is 127. The molecule has 0 saturated carbocycles. The van der Waals surface area contributed by atoms with Crippen LogP contribution in [0.25, 0.3) is 0 Å². The second kappa shape index (κ2) is 13.4. The van der Waals surface area contributed by atoms with Crippen molar-refractivity contribution in [1.82, 2.24) is 20.4 Å². The van der Waals surface area contributed by atoms with Crippen molar-refractivity contribution in [3.63, 3.8) is 0 Å². The Balaban J connectivity index is 0.00000338. The fourth-order valence-corrected chi connectivity index (χ4v) is 3.22. The number of halogens is 1. The van der Waals surface area contributed by atoms with Crippen LogP contribution in [-0.2, 0) is 0 Å². The quantitative estimate of drug-likeness (QED) is 0.248. The van der Waals surface area contributed by atoms with Crippen molar-refractivity contribution in [3.8, 4) is 0 Å². The van der Waals surface area contributed by atoms with Crippen molar-refractivity contribution in [3.05, 3.63) is 24.2 Å². The fourth-order valence-electron chi connectivity index (χ4n) is 3.22. The molecule has 1 atom stereocenters. The van der Waals surface area contributed by atoms with E-state index in [0.717, 1.165) is 57.4 Å². The predicted octanol–water partition coefficient (Wildman–Crippen LogP) is 2.93. The first-order chi connectivity index (χ1) is 12.2. The molecule has 0 radical (unpaired) electrons. The summed E-state index contributed by atoms with van der Waals surface area (Å²) in [5.41, 5.74) is 0. The molecule has 6 nitrogen and oxygen atoms in total. The van der Waals surface area contributed by atoms with Gasteiger partial charge in [-0.1, -0.05) is 6.42 Å². The molecule has 26 heavy (non-hydrogen) atoms. The first-order valence-corrected chi connectivity index (χ1v) is 9.65. The van der Waals surface area contributed by atoms with Gasteiger partial charge in [0.2, 0.25) is 0 Å². The lowest BCUT2D eigenvalue weighted by atomic mass is 10.1. The van der Waals surface area contributed by atoms with Crippen LogP contribution in [0.2, 0.25) is 0 Å². The minimum atomic E-state index is 0. The Bertz CT molecular complexity index is 486. The Hall–Kier alpha value is -0.800. The normalized spacial score (nSPS) is 17.0. The van der Waals surface area contributed by atoms with Crippen molar-refractivity contribution in [2.75, 3.05) is 53.4 Å². The van der Waals surface area contributed by atoms with Gasteiger partial charge in [0.15, 0.2) is 5.96 Å². The Morgan fingerprint density at radius 2 is 2.04 bits per heavy atom. The first-order valence-electron chi connectivity index (χ1n) is 9.65. The third-order valence-electron chi connectivity index (χ3n) is 4.54. The Morgan fingerprint density at radius 3 is 2.65 bits per heavy atom. The summed E-state index contributed by atoms with van der Waals surface area (Å²) < 4.78 is 5.71. The topological polar surface area (TPSA) is 56.0 Å². The van der Waals surface area contributed by atoms with Gasteiger partial charge < -0.3 is 20.0 Å². The number of guanidine groups is 1. The standard InChI is InChI=1S/C19H35N5O.HI/c1-4-20-19(21-11-9-12-23(2)3)22-16-17(18-10-8-15-25-18)24-13-6-5-7-14-24;/h8,10,15,17H,4-7,9,11-14,16H2,1-3H3,(H2,20,21,22);1H. The van der Waals surface area contributed by atoms with Gasteiger partial charge >= 0.3 is 0 Å². The smallest absolute Gasteiger partial charge is 0.191 e. The summed E-state index contributed by atoms with van der Waals surface area (Å²) in [6, 6.07) is 4.28. The molecular weight excluding hydrogens is 441 g/mol. The number of nitrogens with one attached hydrogen (secondary N) is 2. The second-order valence-electron chi connectivity index (χ2n) is 6.93. The van der Waals surface area contributed by atoms with Gasteiger partial charge in [-0.15, -0.1) is 24.0 Å². The van der Waals surface area contributed by atoms with Gasteiger partial charge in [-0.05, 0) is 72.0 Å². The van der Waals surface area contributed by atoms with Crippen LogP contribution in [-0.4, -0.2) is 69.1 Å². The second-order valence-corrected chi connectivity index (χ2v) is 6.93. The number of hydrogen-bond acceptors (Lipinski definition) is 4. The van der Waals surface area contributed by atoms with Crippen LogP contribution in [0, 0.1) is 0 Å². The lowest BCUT2D eigenvalue weighted by Crippen LogP contribution is -2.40. The lowest BCUT2D eigenvalue weighted by molar-refractivity contribution is 0.150. The maximum atomic E-state index is 5.71. The Morgan fingerprint density at radius 1 is 1.27 bits per heavy atom. The average Bonchev–Trinajstić information content (AvgIpc) is 3.14. The number of likely N-dealkylation sites (tertiary alicyclic amines) is 1. The van der Waals surface area contributed by atoms with E-state index in [1.165, 1.54) is 19.3 Å². The SMILES string of the molecule is CCNC(=NCC(c1ccco1)N1CCCCC1)NCCCN(C)C.I. The maximum absolute atomic E-state index is 5.71. The van der Waals surface area contributed by atoms with Gasteiger partial charge in [0.05, 0.1) is 18.8 Å². The number of furan rings is 1. The number of aliphatic imine (C=N–C) groups is 1. The number of nitrogens with zero attached hydrogens (tertiary/aromatic N) is 3. The van der Waals surface area contributed by atoms with Gasteiger partial charge in [0.1, 0.15) is 5.76 Å². The van der Waals surface area contributed by atoms with E-state index in [1.807, 2.05) is 6.07 Å². The van der Waals surface area contributed by atoms with Crippen LogP contribution >= 0.6 is 24.0 Å². The van der Waals surface area contributed by atoms with E-state index >= 15 is 0 Å². The summed E-state index contributed by atoms with van der Waals surface area (Å²) in [5.74, 6) is 1.92. The zero-order valence-corrected chi connectivity index (χ0v) is 18.9. The van der Waals surface area contributed by atoms with Crippen LogP contribution < -0.4 is 10.6 Å². The van der Waals surface area contributed by atoms with E-state index in [1.54, 1.807) is 6.26 Å². The molecule has 0 amide bonds. The van der Waals surface area contributed by atoms with E-state index in [0.29, 0.717) is 0 Å². The van der Waals surface area contributed by atoms with E-state index in [-0.39, 0.29) is 30.0 Å². The summed E-state index contributed by atoms with van der Waals surface area (Å²) >= 11 is 0. The molecule has 0 spiro atoms. The van der Waals surface area contributed by atoms with Crippen molar-refractivity contribution in [2.24, 2.45) is 4.99 Å². The molecule has 2 heterocycles. The molecule has 7 heteroatoms. The van der Waals surface area contributed by atoms with Crippen LogP contribution in [0.5, 0.6) is 0 Å². The molecule has 1 aromatic rings. The van der Waals surface area contributed by atoms with Gasteiger partial charge in [-0.2, -0.15) is 0 Å². The first kappa shape index (κ1) is 23.2. The Kier molecular flexibility index (Phi) is 12.0. The number of rotatable bonds is 9. The summed E-state index contributed by atoms with van der Waals surface area (Å²) in [5, 5.41) is 6.79. The molecule has 2 rings (SSSR count). The molecule has 150 valence electrons. The van der Waals surface area contributed by atoms with Gasteiger partial charge in [0.25, 0.3) is 0 Å². The van der Waals surface area contributed by atoms with E-state index in [4.69, 9.17) is 9.41 Å². The molecule has 1 aliphatic heterocycles. The van der Waals surface area contributed by atoms with E-state index in [2.05, 4.69) is 47.5 Å². The van der Waals surface area contributed by atoms with Gasteiger partial charge in [0, 0.05) is 13.1 Å². The van der Waals surface area contributed by atoms with Crippen molar-refractivity contribution < 1.29 is 4.42 Å². The van der Waals surface area contributed by atoms with Gasteiger partial charge in [-0.3, -0.25) is 9.89 Å². The lowest BCUT2D eigenvalue weighted by Gasteiger charge is -2.32. The summed E-state index contributed by atoms with van der Waals surface area (Å²) in [6.45, 7) is 7.96. The Labute approximate surface area is 175 Å². The summed E-state index contributed by atoms with van der Waals surface area (Å²) in [6.07, 6.45) is 6.74. The number of hydrogen-bond donors (Lipinski definition) is 2. The molecule has 0 bridgehead atoms. The van der Waals surface area contributed by atoms with Crippen molar-refractivity contribution in [1.29, 1.82) is 0 Å². The third-order valence-corrected chi connectivity index (χ3v) is 4.54. The van der Waals surface area contributed by atoms with Crippen molar-refractivity contribution in [2.45, 2.75) is 38.6 Å². The molecule has 0 aromatic carbocycles. The summed E-state index contributed by atoms with van der Waals surface area (Å²) in [4.78, 5) is 9.56. The largest absolute Gasteiger partial charge is 0.468 e. The monoisotopic (exact) mass is 477 g/mol. The van der Waals surface area contributed by atoms with Crippen LogP contribution in [0.4, 0.5) is 0 Å². The van der Waals surface area contributed by atoms with Crippen LogP contribution in [0.1, 0.15) is 44.4 Å². The van der Waals surface area contributed by atoms with E-state index < -0.39 is 0 Å². The van der Waals surface area contributed by atoms with Crippen LogP contribution in [0.15, 0.2) is 27.8 Å². The molecule has 2 N–H and O–H groups in total. The molecule has 1 aromatic heterocycles. The van der Waals surface area contributed by atoms with E-state index in [9.17, 15) is 0 Å². The third kappa shape index (κ3) is 8.26. The maximum Gasteiger partial charge on any atom is 0.191 e. The molecule has 0 aliphatic carbocycles. The van der Waals surface area contributed by atoms with Crippen molar-refractivity contribution >= 4 is 29.9 Å². The molecule has 1 fully saturated rings. The summed E-state index contributed by atoms with van der Waals surface area (Å²) in [7, 11) is 4.21. The average molecular weight is 477 g/mol. The van der Waals surface area contributed by atoms with Gasteiger partial charge in [-0.25, -0.2) is 0 Å². The molecular formula is C19H36IN5O. The minimum absolute atomic E-state index is 0. The highest BCUT2D eigenvalue weighted by Gasteiger charge is 2.24. The van der Waals surface area contributed by atoms with Crippen LogP contribution in [0.3, 0.4) is 0 Å². The molecule has 1 unspecified atom stereocenters. The molecule has 1 saturated heterocycles. The predicted molar refractivity (Wildman–Crippen MR) is 119 cm³/mol. The fraction of sp³-hybridized carbons (Fsp3) is 0.737. The highest BCUT2D eigenvalue weighted by molar-refractivity contribution is 14.0.